The van der Waals surface area contributed by atoms with Crippen molar-refractivity contribution >= 4 is 46.4 Å². The smallest absolute Gasteiger partial charge is 0.0659 e. The van der Waals surface area contributed by atoms with E-state index in [0.29, 0.717) is 0 Å². The van der Waals surface area contributed by atoms with Crippen molar-refractivity contribution in [2.45, 2.75) is 0 Å². The minimum Gasteiger partial charge on any atom is -0.355 e. The molecule has 1 radical (unpaired) electrons. The van der Waals surface area contributed by atoms with Gasteiger partial charge >= 0.3 is 0 Å². The van der Waals surface area contributed by atoms with E-state index in [4.69, 9.17) is 4.98 Å². The molecule has 2 N–H and O–H groups in total. The van der Waals surface area contributed by atoms with Gasteiger partial charge in [0.2, 0.25) is 0 Å². The van der Waals surface area contributed by atoms with Gasteiger partial charge in [-0.15, -0.1) is 0 Å². The molecule has 0 aliphatic carbocycles. The summed E-state index contributed by atoms with van der Waals surface area (Å²) in [6.45, 7) is 0. The Morgan fingerprint density at radius 3 is 1.87 bits per heavy atom. The Morgan fingerprint density at radius 1 is 0.548 bits per heavy atom. The molecule has 2 aliphatic heterocycles. The van der Waals surface area contributed by atoms with E-state index in [0.717, 1.165) is 56.0 Å². The van der Waals surface area contributed by atoms with Gasteiger partial charge in [-0.2, -0.15) is 0 Å². The van der Waals surface area contributed by atoms with E-state index in [1.165, 1.54) is 0 Å². The fraction of sp³-hybridized carbons (Fsp3) is 0. The molecule has 6 rings (SSSR count). The van der Waals surface area contributed by atoms with Crippen LogP contribution in [-0.2, 0) is 16.8 Å². The Hall–Kier alpha value is -3.74. The first kappa shape index (κ1) is 19.2. The molecular weight excluding hydrogens is 429 g/mol. The van der Waals surface area contributed by atoms with Gasteiger partial charge in [0.25, 0.3) is 0 Å². The SMILES string of the molecule is C1=Cc2cc3ccc(cc4cc(-c5ccncc5)c(cc5nc(cc1n2)C=C5)[nH]4)[nH]3.[Co]. The summed E-state index contributed by atoms with van der Waals surface area (Å²) >= 11 is 0. The third-order valence-electron chi connectivity index (χ3n) is 5.16. The maximum absolute atomic E-state index is 4.74. The van der Waals surface area contributed by atoms with E-state index in [9.17, 15) is 0 Å². The maximum Gasteiger partial charge on any atom is 0.0659 e. The van der Waals surface area contributed by atoms with Gasteiger partial charge in [0, 0.05) is 56.8 Å². The van der Waals surface area contributed by atoms with Crippen LogP contribution in [0.5, 0.6) is 0 Å². The van der Waals surface area contributed by atoms with Crippen LogP contribution in [0.1, 0.15) is 22.8 Å². The van der Waals surface area contributed by atoms with Gasteiger partial charge in [-0.3, -0.25) is 4.98 Å². The summed E-state index contributed by atoms with van der Waals surface area (Å²) < 4.78 is 0. The number of hydrogen-bond donors (Lipinski definition) is 2. The molecule has 0 saturated carbocycles. The van der Waals surface area contributed by atoms with Crippen LogP contribution in [0.3, 0.4) is 0 Å². The minimum absolute atomic E-state index is 0. The molecular formula is C25H17CoN5. The second-order valence-corrected chi connectivity index (χ2v) is 7.32. The molecule has 0 atom stereocenters. The normalized spacial score (nSPS) is 12.0. The van der Waals surface area contributed by atoms with Gasteiger partial charge in [0.15, 0.2) is 0 Å². The standard InChI is InChI=1S/C25H17N5.Co/c1-2-18-12-20-5-6-22(29-20)15-25-24(16-7-9-26-10-8-16)14-23(30-25)13-21-4-3-19(28-21)11-17(1)27-18;/h1-15,28,30H;. The van der Waals surface area contributed by atoms with Crippen molar-refractivity contribution < 1.29 is 16.8 Å². The predicted octanol–water partition coefficient (Wildman–Crippen LogP) is 5.72. The maximum atomic E-state index is 4.74. The average molecular weight is 446 g/mol. The van der Waals surface area contributed by atoms with E-state index in [1.54, 1.807) is 0 Å². The van der Waals surface area contributed by atoms with Crippen molar-refractivity contribution in [3.05, 3.63) is 89.8 Å². The molecule has 0 unspecified atom stereocenters. The number of H-pyrrole nitrogens is 2. The number of fused-ring (bicyclic) bond motifs is 8. The zero-order valence-corrected chi connectivity index (χ0v) is 17.4. The Kier molecular flexibility index (Phi) is 4.86. The number of rotatable bonds is 1. The van der Waals surface area contributed by atoms with Crippen molar-refractivity contribution in [1.82, 2.24) is 24.9 Å². The van der Waals surface area contributed by atoms with Crippen LogP contribution in [0.2, 0.25) is 0 Å². The Morgan fingerprint density at radius 2 is 1.16 bits per heavy atom. The van der Waals surface area contributed by atoms with Crippen LogP contribution in [0.4, 0.5) is 0 Å². The molecule has 0 aromatic carbocycles. The molecule has 8 bridgehead atoms. The molecule has 6 heteroatoms. The molecule has 6 heterocycles. The average Bonchev–Trinajstić information content (AvgIpc) is 3.53. The van der Waals surface area contributed by atoms with Gasteiger partial charge in [0.1, 0.15) is 0 Å². The number of aromatic amines is 2. The summed E-state index contributed by atoms with van der Waals surface area (Å²) in [4.78, 5) is 20.5. The number of pyridine rings is 1. The van der Waals surface area contributed by atoms with Gasteiger partial charge in [-0.25, -0.2) is 9.97 Å². The molecule has 151 valence electrons. The fourth-order valence-corrected chi connectivity index (χ4v) is 3.79. The summed E-state index contributed by atoms with van der Waals surface area (Å²) in [5, 5.41) is 0. The quantitative estimate of drug-likeness (QED) is 0.340. The zero-order valence-electron chi connectivity index (χ0n) is 16.3. The van der Waals surface area contributed by atoms with Gasteiger partial charge in [-0.1, -0.05) is 0 Å². The Labute approximate surface area is 188 Å². The van der Waals surface area contributed by atoms with Crippen LogP contribution < -0.4 is 0 Å². The number of hydrogen-bond acceptors (Lipinski definition) is 3. The zero-order chi connectivity index (χ0) is 19.9. The molecule has 0 amide bonds. The van der Waals surface area contributed by atoms with Gasteiger partial charge in [-0.05, 0) is 84.5 Å². The first-order valence-corrected chi connectivity index (χ1v) is 9.77. The molecule has 31 heavy (non-hydrogen) atoms. The van der Waals surface area contributed by atoms with Crippen LogP contribution >= 0.6 is 0 Å². The number of nitrogens with one attached hydrogen (secondary N) is 2. The molecule has 4 aromatic heterocycles. The van der Waals surface area contributed by atoms with Crippen LogP contribution in [0.25, 0.3) is 57.5 Å². The van der Waals surface area contributed by atoms with E-state index < -0.39 is 0 Å². The first-order valence-electron chi connectivity index (χ1n) is 9.77. The summed E-state index contributed by atoms with van der Waals surface area (Å²) in [7, 11) is 0. The van der Waals surface area contributed by atoms with Crippen LogP contribution in [0, 0.1) is 0 Å². The molecule has 4 aromatic rings. The summed E-state index contributed by atoms with van der Waals surface area (Å²) in [5.74, 6) is 0. The van der Waals surface area contributed by atoms with Crippen LogP contribution in [-0.4, -0.2) is 24.9 Å². The molecule has 0 spiro atoms. The van der Waals surface area contributed by atoms with E-state index in [1.807, 2.05) is 61.0 Å². The van der Waals surface area contributed by atoms with Gasteiger partial charge < -0.3 is 9.97 Å². The summed E-state index contributed by atoms with van der Waals surface area (Å²) in [6, 6.07) is 18.5. The van der Waals surface area contributed by atoms with Crippen molar-refractivity contribution in [2.24, 2.45) is 0 Å². The van der Waals surface area contributed by atoms with E-state index >= 15 is 0 Å². The molecule has 2 aliphatic rings. The summed E-state index contributed by atoms with van der Waals surface area (Å²) in [5.41, 5.74) is 9.89. The van der Waals surface area contributed by atoms with Crippen molar-refractivity contribution in [1.29, 1.82) is 0 Å². The van der Waals surface area contributed by atoms with Crippen LogP contribution in [0.15, 0.2) is 67.0 Å². The van der Waals surface area contributed by atoms with E-state index in [2.05, 4.69) is 50.3 Å². The van der Waals surface area contributed by atoms with Crippen molar-refractivity contribution in [2.75, 3.05) is 0 Å². The van der Waals surface area contributed by atoms with Gasteiger partial charge in [0.05, 0.1) is 22.8 Å². The van der Waals surface area contributed by atoms with Crippen molar-refractivity contribution in [3.8, 4) is 11.1 Å². The second kappa shape index (κ2) is 7.83. The minimum atomic E-state index is 0. The molecule has 5 nitrogen and oxygen atoms in total. The van der Waals surface area contributed by atoms with E-state index in [-0.39, 0.29) is 16.8 Å². The molecule has 0 fully saturated rings. The third kappa shape index (κ3) is 3.86. The monoisotopic (exact) mass is 446 g/mol. The van der Waals surface area contributed by atoms with Crippen molar-refractivity contribution in [3.63, 3.8) is 0 Å². The topological polar surface area (TPSA) is 70.2 Å². The second-order valence-electron chi connectivity index (χ2n) is 7.32. The molecule has 0 saturated heterocycles. The third-order valence-corrected chi connectivity index (χ3v) is 5.16. The number of nitrogens with zero attached hydrogens (tertiary/aromatic N) is 3. The Bertz CT molecular complexity index is 1490. The predicted molar refractivity (Wildman–Crippen MR) is 122 cm³/mol. The first-order chi connectivity index (χ1) is 14.8. The summed E-state index contributed by atoms with van der Waals surface area (Å²) in [6.07, 6.45) is 11.7. The number of aromatic nitrogens is 5. The largest absolute Gasteiger partial charge is 0.355 e. The fourth-order valence-electron chi connectivity index (χ4n) is 3.79. The Balaban J connectivity index is 0.00000204.